The van der Waals surface area contributed by atoms with Gasteiger partial charge in [0, 0.05) is 5.57 Å². The van der Waals surface area contributed by atoms with Crippen LogP contribution < -0.4 is 0 Å². The molecule has 204 valence electrons. The third-order valence-corrected chi connectivity index (χ3v) is 6.24. The first-order valence-corrected chi connectivity index (χ1v) is 11.6. The standard InChI is InChI=1S/C22H38O13/c1-10(6-7-32-21-18(29)16(27)14(25)12(8-23)33-21)4-3-5-11(2)20(31)35-22-19(30)17(28)15(26)13(9-24)34-22/h5,10,12-19,21-30H,3-4,6-9H2,1-2H3/b11-5+/t10-,12-,13-,14-,15-,16+,17+,18-,19-,21-,22+/m1/s1. The predicted molar refractivity (Wildman–Crippen MR) is 116 cm³/mol. The third kappa shape index (κ3) is 7.87. The van der Waals surface area contributed by atoms with Gasteiger partial charge < -0.3 is 59.8 Å². The monoisotopic (exact) mass is 510 g/mol. The van der Waals surface area contributed by atoms with Crippen LogP contribution in [0.25, 0.3) is 0 Å². The lowest BCUT2D eigenvalue weighted by Crippen LogP contribution is -2.59. The van der Waals surface area contributed by atoms with Crippen molar-refractivity contribution in [3.63, 3.8) is 0 Å². The van der Waals surface area contributed by atoms with Gasteiger partial charge in [0.1, 0.15) is 48.8 Å². The smallest absolute Gasteiger partial charge is 0.335 e. The average Bonchev–Trinajstić information content (AvgIpc) is 2.84. The number of ether oxygens (including phenoxy) is 4. The highest BCUT2D eigenvalue weighted by atomic mass is 16.7. The maximum Gasteiger partial charge on any atom is 0.335 e. The number of hydrogen-bond donors (Lipinski definition) is 8. The fraction of sp³-hybridized carbons (Fsp3) is 0.864. The Hall–Kier alpha value is -1.23. The van der Waals surface area contributed by atoms with E-state index >= 15 is 0 Å². The molecule has 2 fully saturated rings. The molecule has 0 aliphatic carbocycles. The fourth-order valence-corrected chi connectivity index (χ4v) is 3.77. The van der Waals surface area contributed by atoms with Crippen LogP contribution in [0, 0.1) is 5.92 Å². The molecule has 13 heteroatoms. The van der Waals surface area contributed by atoms with Crippen molar-refractivity contribution in [3.8, 4) is 0 Å². The average molecular weight is 511 g/mol. The maximum atomic E-state index is 12.3. The van der Waals surface area contributed by atoms with Crippen LogP contribution in [-0.2, 0) is 23.7 Å². The minimum absolute atomic E-state index is 0.144. The molecule has 2 aliphatic rings. The first-order valence-electron chi connectivity index (χ1n) is 11.6. The Bertz CT molecular complexity index is 684. The zero-order chi connectivity index (χ0) is 26.3. The molecule has 0 aromatic rings. The van der Waals surface area contributed by atoms with Gasteiger partial charge in [0.15, 0.2) is 6.29 Å². The van der Waals surface area contributed by atoms with Crippen molar-refractivity contribution < 1.29 is 64.6 Å². The predicted octanol–water partition coefficient (Wildman–Crippen LogP) is -3.10. The van der Waals surface area contributed by atoms with Crippen LogP contribution >= 0.6 is 0 Å². The van der Waals surface area contributed by atoms with E-state index in [0.29, 0.717) is 19.3 Å². The molecule has 0 aromatic heterocycles. The van der Waals surface area contributed by atoms with E-state index in [1.54, 1.807) is 6.08 Å². The molecule has 2 rings (SSSR count). The van der Waals surface area contributed by atoms with E-state index in [2.05, 4.69) is 0 Å². The highest BCUT2D eigenvalue weighted by Gasteiger charge is 2.45. The SMILES string of the molecule is C/C(=C\CC[C@@H](C)CCO[C@@H]1O[C@H](CO)[C@@H](O)[C@H](O)[C@H]1O)C(=O)O[C@@H]1O[C@H](CO)[C@@H](O)[C@H](O)[C@H]1O. The van der Waals surface area contributed by atoms with Crippen molar-refractivity contribution in [2.75, 3.05) is 19.8 Å². The molecule has 11 atom stereocenters. The van der Waals surface area contributed by atoms with Gasteiger partial charge >= 0.3 is 5.97 Å². The molecule has 0 spiro atoms. The Labute approximate surface area is 203 Å². The first-order chi connectivity index (χ1) is 16.5. The number of aliphatic hydroxyl groups is 8. The summed E-state index contributed by atoms with van der Waals surface area (Å²) in [5, 5.41) is 77.5. The third-order valence-electron chi connectivity index (χ3n) is 6.24. The van der Waals surface area contributed by atoms with Crippen LogP contribution in [0.5, 0.6) is 0 Å². The van der Waals surface area contributed by atoms with Crippen molar-refractivity contribution in [2.45, 2.75) is 94.5 Å². The van der Waals surface area contributed by atoms with Crippen LogP contribution in [-0.4, -0.2) is 128 Å². The van der Waals surface area contributed by atoms with E-state index in [1.165, 1.54) is 6.92 Å². The lowest BCUT2D eigenvalue weighted by molar-refractivity contribution is -0.301. The lowest BCUT2D eigenvalue weighted by Gasteiger charge is -2.39. The molecule has 0 radical (unpaired) electrons. The minimum Gasteiger partial charge on any atom is -0.429 e. The summed E-state index contributed by atoms with van der Waals surface area (Å²) in [5.41, 5.74) is 0.242. The molecule has 0 aromatic carbocycles. The minimum atomic E-state index is -1.67. The molecule has 0 amide bonds. The number of esters is 1. The number of aliphatic hydroxyl groups excluding tert-OH is 8. The summed E-state index contributed by atoms with van der Waals surface area (Å²) in [6.07, 6.45) is -10.8. The highest BCUT2D eigenvalue weighted by molar-refractivity contribution is 5.87. The van der Waals surface area contributed by atoms with Crippen LogP contribution in [0.4, 0.5) is 0 Å². The number of hydrogen-bond acceptors (Lipinski definition) is 13. The zero-order valence-electron chi connectivity index (χ0n) is 19.8. The molecule has 13 nitrogen and oxygen atoms in total. The molecule has 8 N–H and O–H groups in total. The van der Waals surface area contributed by atoms with Gasteiger partial charge in [-0.05, 0) is 32.1 Å². The van der Waals surface area contributed by atoms with Crippen molar-refractivity contribution in [1.29, 1.82) is 0 Å². The Morgan fingerprint density at radius 3 is 1.89 bits per heavy atom. The van der Waals surface area contributed by atoms with Crippen LogP contribution in [0.15, 0.2) is 11.6 Å². The second-order valence-electron chi connectivity index (χ2n) is 9.03. The fourth-order valence-electron chi connectivity index (χ4n) is 3.77. The zero-order valence-corrected chi connectivity index (χ0v) is 19.8. The van der Waals surface area contributed by atoms with Gasteiger partial charge in [0.05, 0.1) is 19.8 Å². The Balaban J connectivity index is 1.73. The summed E-state index contributed by atoms with van der Waals surface area (Å²) in [5.74, 6) is -0.640. The highest BCUT2D eigenvalue weighted by Crippen LogP contribution is 2.24. The quantitative estimate of drug-likeness (QED) is 0.102. The summed E-state index contributed by atoms with van der Waals surface area (Å²) in [7, 11) is 0. The molecule has 2 heterocycles. The summed E-state index contributed by atoms with van der Waals surface area (Å²) in [6.45, 7) is 2.48. The van der Waals surface area contributed by atoms with Gasteiger partial charge in [-0.3, -0.25) is 0 Å². The van der Waals surface area contributed by atoms with Gasteiger partial charge in [0.25, 0.3) is 0 Å². The maximum absolute atomic E-state index is 12.3. The van der Waals surface area contributed by atoms with E-state index in [4.69, 9.17) is 18.9 Å². The molecule has 2 saturated heterocycles. The summed E-state index contributed by atoms with van der Waals surface area (Å²) >= 11 is 0. The number of rotatable bonds is 11. The van der Waals surface area contributed by atoms with Crippen molar-refractivity contribution in [1.82, 2.24) is 0 Å². The second-order valence-corrected chi connectivity index (χ2v) is 9.03. The molecular weight excluding hydrogens is 472 g/mol. The largest absolute Gasteiger partial charge is 0.429 e. The topological polar surface area (TPSA) is 216 Å². The van der Waals surface area contributed by atoms with Gasteiger partial charge in [0.2, 0.25) is 6.29 Å². The Morgan fingerprint density at radius 1 is 0.829 bits per heavy atom. The summed E-state index contributed by atoms with van der Waals surface area (Å²) in [6, 6.07) is 0. The molecule has 0 saturated carbocycles. The number of allylic oxidation sites excluding steroid dienone is 1. The molecule has 2 aliphatic heterocycles. The molecular formula is C22H38O13. The van der Waals surface area contributed by atoms with Gasteiger partial charge in [-0.25, -0.2) is 4.79 Å². The van der Waals surface area contributed by atoms with Crippen LogP contribution in [0.3, 0.4) is 0 Å². The van der Waals surface area contributed by atoms with Crippen LogP contribution in [0.1, 0.15) is 33.1 Å². The van der Waals surface area contributed by atoms with Gasteiger partial charge in [-0.1, -0.05) is 13.0 Å². The van der Waals surface area contributed by atoms with Crippen molar-refractivity contribution in [2.24, 2.45) is 5.92 Å². The lowest BCUT2D eigenvalue weighted by atomic mass is 9.99. The van der Waals surface area contributed by atoms with Gasteiger partial charge in [-0.2, -0.15) is 0 Å². The van der Waals surface area contributed by atoms with E-state index < -0.39 is 80.6 Å². The number of carbonyl (C=O) groups excluding carboxylic acids is 1. The van der Waals surface area contributed by atoms with Crippen molar-refractivity contribution in [3.05, 3.63) is 11.6 Å². The molecule has 35 heavy (non-hydrogen) atoms. The summed E-state index contributed by atoms with van der Waals surface area (Å²) < 4.78 is 21.0. The molecule has 0 unspecified atom stereocenters. The van der Waals surface area contributed by atoms with E-state index in [0.717, 1.165) is 0 Å². The first kappa shape index (κ1) is 30.0. The molecule has 0 bridgehead atoms. The van der Waals surface area contributed by atoms with E-state index in [9.17, 15) is 45.6 Å². The Morgan fingerprint density at radius 2 is 1.34 bits per heavy atom. The van der Waals surface area contributed by atoms with E-state index in [1.807, 2.05) is 6.92 Å². The van der Waals surface area contributed by atoms with Crippen LogP contribution in [0.2, 0.25) is 0 Å². The number of carbonyl (C=O) groups is 1. The Kier molecular flexibility index (Phi) is 11.9. The van der Waals surface area contributed by atoms with Gasteiger partial charge in [-0.15, -0.1) is 0 Å². The summed E-state index contributed by atoms with van der Waals surface area (Å²) in [4.78, 5) is 12.3. The van der Waals surface area contributed by atoms with E-state index in [-0.39, 0.29) is 18.1 Å². The van der Waals surface area contributed by atoms with Crippen molar-refractivity contribution >= 4 is 5.97 Å². The second kappa shape index (κ2) is 13.9. The normalized spacial score (nSPS) is 39.3.